The van der Waals surface area contributed by atoms with Crippen LogP contribution in [0.1, 0.15) is 13.8 Å². The molecule has 0 aliphatic rings. The fraction of sp³-hybridized carbons (Fsp3) is 0.0455. The molecule has 0 N–H and O–H groups in total. The molecule has 0 bridgehead atoms. The van der Waals surface area contributed by atoms with Crippen molar-refractivity contribution in [2.75, 3.05) is 0 Å². The monoisotopic (exact) mass is 562 g/mol. The molecule has 0 saturated carbocycles. The lowest BCUT2D eigenvalue weighted by Gasteiger charge is -2.20. The molecule has 8 aromatic carbocycles. The Morgan fingerprint density at radius 1 is 0.273 bits per heavy atom. The van der Waals surface area contributed by atoms with Crippen LogP contribution in [0.25, 0.3) is 76.8 Å². The molecule has 0 saturated heterocycles. The fourth-order valence-electron chi connectivity index (χ4n) is 6.52. The molecule has 0 amide bonds. The van der Waals surface area contributed by atoms with Gasteiger partial charge in [-0.1, -0.05) is 172 Å². The number of fused-ring (bicyclic) bond motifs is 3. The predicted molar refractivity (Wildman–Crippen MR) is 192 cm³/mol. The Hall–Kier alpha value is -5.46. The molecule has 0 radical (unpaired) electrons. The van der Waals surface area contributed by atoms with Gasteiger partial charge in [0.15, 0.2) is 0 Å². The molecule has 0 nitrogen and oxygen atoms in total. The molecule has 0 aliphatic heterocycles. The van der Waals surface area contributed by atoms with E-state index in [-0.39, 0.29) is 0 Å². The Morgan fingerprint density at radius 2 is 0.750 bits per heavy atom. The van der Waals surface area contributed by atoms with Crippen molar-refractivity contribution in [3.63, 3.8) is 0 Å². The molecule has 8 rings (SSSR count). The molecule has 0 spiro atoms. The lowest BCUT2D eigenvalue weighted by Crippen LogP contribution is -1.93. The lowest BCUT2D eigenvalue weighted by molar-refractivity contribution is 1.50. The zero-order chi connectivity index (χ0) is 29.9. The third kappa shape index (κ3) is 4.85. The van der Waals surface area contributed by atoms with Gasteiger partial charge >= 0.3 is 0 Å². The van der Waals surface area contributed by atoms with Crippen LogP contribution in [0.2, 0.25) is 0 Å². The molecule has 0 aromatic heterocycles. The molecule has 8 aromatic rings. The molecule has 44 heavy (non-hydrogen) atoms. The number of hydrogen-bond donors (Lipinski definition) is 0. The first-order valence-electron chi connectivity index (χ1n) is 15.5. The molecule has 0 heteroatoms. The van der Waals surface area contributed by atoms with Crippen LogP contribution < -0.4 is 0 Å². The predicted octanol–water partition coefficient (Wildman–Crippen LogP) is 12.8. The van der Waals surface area contributed by atoms with Crippen LogP contribution in [0.4, 0.5) is 0 Å². The molecular formula is C44H34. The zero-order valence-electron chi connectivity index (χ0n) is 25.2. The smallest absolute Gasteiger partial charge is 0.00201 e. The van der Waals surface area contributed by atoms with Crippen molar-refractivity contribution in [3.8, 4) is 44.5 Å². The minimum atomic E-state index is 1.23. The third-order valence-electron chi connectivity index (χ3n) is 8.45. The summed E-state index contributed by atoms with van der Waals surface area (Å²) < 4.78 is 0. The highest BCUT2D eigenvalue weighted by Gasteiger charge is 2.18. The molecule has 0 aliphatic carbocycles. The number of hydrogen-bond acceptors (Lipinski definition) is 0. The van der Waals surface area contributed by atoms with Crippen LogP contribution in [0, 0.1) is 0 Å². The van der Waals surface area contributed by atoms with Crippen LogP contribution >= 0.6 is 0 Å². The summed E-state index contributed by atoms with van der Waals surface area (Å²) in [6.45, 7) is 4.00. The second kappa shape index (κ2) is 12.0. The maximum absolute atomic E-state index is 2.36. The van der Waals surface area contributed by atoms with Gasteiger partial charge in [-0.3, -0.25) is 0 Å². The van der Waals surface area contributed by atoms with E-state index in [9.17, 15) is 0 Å². The Balaban J connectivity index is 0.00000153. The Bertz CT molecular complexity index is 2180. The first-order valence-corrected chi connectivity index (χ1v) is 15.5. The van der Waals surface area contributed by atoms with Gasteiger partial charge in [-0.25, -0.2) is 0 Å². The van der Waals surface area contributed by atoms with Gasteiger partial charge in [-0.2, -0.15) is 0 Å². The van der Waals surface area contributed by atoms with Gasteiger partial charge in [0.25, 0.3) is 0 Å². The largest absolute Gasteiger partial charge is 0.0683 e. The number of rotatable bonds is 4. The van der Waals surface area contributed by atoms with Gasteiger partial charge in [-0.15, -0.1) is 0 Å². The molecule has 0 fully saturated rings. The Kier molecular flexibility index (Phi) is 7.49. The van der Waals surface area contributed by atoms with Gasteiger partial charge in [-0.05, 0) is 89.0 Å². The van der Waals surface area contributed by atoms with Gasteiger partial charge in [0.1, 0.15) is 0 Å². The van der Waals surface area contributed by atoms with E-state index in [0.29, 0.717) is 0 Å². The van der Waals surface area contributed by atoms with E-state index < -0.39 is 0 Å². The van der Waals surface area contributed by atoms with Gasteiger partial charge in [0.2, 0.25) is 0 Å². The average Bonchev–Trinajstić information content (AvgIpc) is 3.11. The van der Waals surface area contributed by atoms with Crippen molar-refractivity contribution < 1.29 is 0 Å². The van der Waals surface area contributed by atoms with E-state index in [1.807, 2.05) is 13.8 Å². The van der Waals surface area contributed by atoms with E-state index in [1.165, 1.54) is 76.8 Å². The first-order chi connectivity index (χ1) is 21.8. The summed E-state index contributed by atoms with van der Waals surface area (Å²) in [5, 5.41) is 7.60. The topological polar surface area (TPSA) is 0 Å². The van der Waals surface area contributed by atoms with E-state index in [2.05, 4.69) is 170 Å². The van der Waals surface area contributed by atoms with Crippen LogP contribution in [-0.4, -0.2) is 0 Å². The third-order valence-corrected chi connectivity index (χ3v) is 8.45. The van der Waals surface area contributed by atoms with E-state index in [0.717, 1.165) is 0 Å². The Labute approximate surface area is 259 Å². The highest BCUT2D eigenvalue weighted by Crippen LogP contribution is 2.46. The summed E-state index contributed by atoms with van der Waals surface area (Å²) >= 11 is 0. The Morgan fingerprint density at radius 3 is 1.43 bits per heavy atom. The van der Waals surface area contributed by atoms with Gasteiger partial charge < -0.3 is 0 Å². The second-order valence-corrected chi connectivity index (χ2v) is 10.9. The summed E-state index contributed by atoms with van der Waals surface area (Å²) in [7, 11) is 0. The lowest BCUT2D eigenvalue weighted by atomic mass is 9.83. The highest BCUT2D eigenvalue weighted by atomic mass is 14.2. The van der Waals surface area contributed by atoms with Crippen LogP contribution in [0.15, 0.2) is 170 Å². The zero-order valence-corrected chi connectivity index (χ0v) is 25.2. The fourth-order valence-corrected chi connectivity index (χ4v) is 6.52. The normalized spacial score (nSPS) is 11.0. The van der Waals surface area contributed by atoms with Crippen molar-refractivity contribution in [2.24, 2.45) is 0 Å². The van der Waals surface area contributed by atoms with Crippen molar-refractivity contribution in [2.45, 2.75) is 13.8 Å². The molecule has 0 atom stereocenters. The van der Waals surface area contributed by atoms with Crippen LogP contribution in [0.3, 0.4) is 0 Å². The average molecular weight is 563 g/mol. The van der Waals surface area contributed by atoms with E-state index >= 15 is 0 Å². The summed E-state index contributed by atoms with van der Waals surface area (Å²) in [5.41, 5.74) is 10.00. The maximum atomic E-state index is 2.36. The van der Waals surface area contributed by atoms with E-state index in [1.54, 1.807) is 0 Å². The SMILES string of the molecule is CC.c1ccc(-c2ccccc2-c2c3ccccc3c(-c3cccc(-c4ccc5ccccc5c4)c3)c3ccccc23)cc1. The van der Waals surface area contributed by atoms with E-state index in [4.69, 9.17) is 0 Å². The molecule has 0 unspecified atom stereocenters. The van der Waals surface area contributed by atoms with Crippen molar-refractivity contribution in [1.82, 2.24) is 0 Å². The van der Waals surface area contributed by atoms with Crippen molar-refractivity contribution in [1.29, 1.82) is 0 Å². The standard InChI is InChI=1S/C42H28.C2H6/c1-2-14-30(15-3-1)35-19-6-7-20-36(35)42-39-23-10-8-21-37(39)41(38-22-9-11-24-40(38)42)34-18-12-17-32(28-34)33-26-25-29-13-4-5-16-31(29)27-33;1-2/h1-28H;1-2H3. The van der Waals surface area contributed by atoms with Gasteiger partial charge in [0, 0.05) is 0 Å². The minimum Gasteiger partial charge on any atom is -0.0683 e. The summed E-state index contributed by atoms with van der Waals surface area (Å²) in [6.07, 6.45) is 0. The molecule has 0 heterocycles. The first kappa shape index (κ1) is 27.4. The summed E-state index contributed by atoms with van der Waals surface area (Å²) in [5.74, 6) is 0. The van der Waals surface area contributed by atoms with Crippen LogP contribution in [-0.2, 0) is 0 Å². The van der Waals surface area contributed by atoms with Crippen molar-refractivity contribution >= 4 is 32.3 Å². The molecular weight excluding hydrogens is 528 g/mol. The second-order valence-electron chi connectivity index (χ2n) is 10.9. The quantitative estimate of drug-likeness (QED) is 0.187. The summed E-state index contributed by atoms with van der Waals surface area (Å²) in [6, 6.07) is 61.7. The highest BCUT2D eigenvalue weighted by molar-refractivity contribution is 6.22. The minimum absolute atomic E-state index is 1.23. The summed E-state index contributed by atoms with van der Waals surface area (Å²) in [4.78, 5) is 0. The molecule has 210 valence electrons. The van der Waals surface area contributed by atoms with Crippen LogP contribution in [0.5, 0.6) is 0 Å². The van der Waals surface area contributed by atoms with Gasteiger partial charge in [0.05, 0.1) is 0 Å². The maximum Gasteiger partial charge on any atom is -0.00201 e. The van der Waals surface area contributed by atoms with Crippen molar-refractivity contribution in [3.05, 3.63) is 170 Å². The number of benzene rings is 8.